The van der Waals surface area contributed by atoms with Crippen LogP contribution in [0.15, 0.2) is 12.3 Å². The molecule has 1 rings (SSSR count). The van der Waals surface area contributed by atoms with E-state index in [1.54, 1.807) is 11.8 Å². The Morgan fingerprint density at radius 3 is 3.00 bits per heavy atom. The van der Waals surface area contributed by atoms with Crippen LogP contribution in [0.1, 0.15) is 23.7 Å². The lowest BCUT2D eigenvalue weighted by Crippen LogP contribution is -2.36. The Balaban J connectivity index is 2.78. The highest BCUT2D eigenvalue weighted by molar-refractivity contribution is 7.98. The van der Waals surface area contributed by atoms with Gasteiger partial charge >= 0.3 is 0 Å². The standard InChI is InChI=1S/C11H14ClFN2OS/c1-3-8(6-17-2)15-11(16)9-4-7(13)5-14-10(9)12/h4-5,8H,3,6H2,1-2H3,(H,15,16). The van der Waals surface area contributed by atoms with Crippen LogP contribution in [0.25, 0.3) is 0 Å². The number of hydrogen-bond donors (Lipinski definition) is 1. The average Bonchev–Trinajstić information content (AvgIpc) is 2.31. The van der Waals surface area contributed by atoms with Gasteiger partial charge in [-0.15, -0.1) is 0 Å². The quantitative estimate of drug-likeness (QED) is 0.841. The molecule has 17 heavy (non-hydrogen) atoms. The van der Waals surface area contributed by atoms with Crippen LogP contribution in [0, 0.1) is 5.82 Å². The smallest absolute Gasteiger partial charge is 0.254 e. The highest BCUT2D eigenvalue weighted by Gasteiger charge is 2.16. The van der Waals surface area contributed by atoms with E-state index in [1.807, 2.05) is 13.2 Å². The second kappa shape index (κ2) is 6.81. The van der Waals surface area contributed by atoms with Gasteiger partial charge in [-0.2, -0.15) is 11.8 Å². The fourth-order valence-electron chi connectivity index (χ4n) is 1.31. The van der Waals surface area contributed by atoms with Crippen LogP contribution in [0.2, 0.25) is 5.15 Å². The zero-order valence-corrected chi connectivity index (χ0v) is 11.2. The van der Waals surface area contributed by atoms with Crippen molar-refractivity contribution in [2.24, 2.45) is 0 Å². The molecule has 0 saturated carbocycles. The van der Waals surface area contributed by atoms with Gasteiger partial charge in [-0.25, -0.2) is 9.37 Å². The first-order valence-electron chi connectivity index (χ1n) is 5.19. The zero-order valence-electron chi connectivity index (χ0n) is 9.67. The molecule has 0 radical (unpaired) electrons. The van der Waals surface area contributed by atoms with Crippen LogP contribution in [0.3, 0.4) is 0 Å². The topological polar surface area (TPSA) is 42.0 Å². The molecule has 1 N–H and O–H groups in total. The maximum absolute atomic E-state index is 13.0. The molecule has 1 amide bonds. The molecule has 0 bridgehead atoms. The fourth-order valence-corrected chi connectivity index (χ4v) is 2.22. The van der Waals surface area contributed by atoms with Gasteiger partial charge < -0.3 is 5.32 Å². The third-order valence-electron chi connectivity index (χ3n) is 2.25. The number of carbonyl (C=O) groups excluding carboxylic acids is 1. The Morgan fingerprint density at radius 1 is 1.71 bits per heavy atom. The van der Waals surface area contributed by atoms with Crippen molar-refractivity contribution in [3.63, 3.8) is 0 Å². The van der Waals surface area contributed by atoms with Gasteiger partial charge in [0, 0.05) is 11.8 Å². The second-order valence-electron chi connectivity index (χ2n) is 3.53. The molecule has 1 unspecified atom stereocenters. The van der Waals surface area contributed by atoms with Gasteiger partial charge in [-0.05, 0) is 18.7 Å². The zero-order chi connectivity index (χ0) is 12.8. The lowest BCUT2D eigenvalue weighted by molar-refractivity contribution is 0.0939. The molecule has 0 aromatic carbocycles. The molecule has 0 fully saturated rings. The molecule has 0 aliphatic rings. The Labute approximate surface area is 109 Å². The lowest BCUT2D eigenvalue weighted by atomic mass is 10.2. The number of nitrogens with zero attached hydrogens (tertiary/aromatic N) is 1. The molecule has 0 saturated heterocycles. The summed E-state index contributed by atoms with van der Waals surface area (Å²) < 4.78 is 13.0. The molecule has 1 aromatic heterocycles. The number of carbonyl (C=O) groups is 1. The van der Waals surface area contributed by atoms with Crippen LogP contribution in [-0.4, -0.2) is 28.9 Å². The third kappa shape index (κ3) is 4.16. The number of rotatable bonds is 5. The van der Waals surface area contributed by atoms with Gasteiger partial charge in [0.1, 0.15) is 11.0 Å². The van der Waals surface area contributed by atoms with Crippen LogP contribution in [-0.2, 0) is 0 Å². The van der Waals surface area contributed by atoms with Crippen molar-refractivity contribution >= 4 is 29.3 Å². The summed E-state index contributed by atoms with van der Waals surface area (Å²) in [6.07, 6.45) is 3.76. The Bertz CT molecular complexity index is 403. The predicted octanol–water partition coefficient (Wildman–Crippen LogP) is 2.75. The number of aromatic nitrogens is 1. The highest BCUT2D eigenvalue weighted by Crippen LogP contribution is 2.14. The Kier molecular flexibility index (Phi) is 5.71. The molecule has 0 aliphatic heterocycles. The molecule has 0 spiro atoms. The Hall–Kier alpha value is -0.810. The second-order valence-corrected chi connectivity index (χ2v) is 4.79. The fraction of sp³-hybridized carbons (Fsp3) is 0.455. The maximum Gasteiger partial charge on any atom is 0.254 e. The molecule has 3 nitrogen and oxygen atoms in total. The molecule has 1 heterocycles. The van der Waals surface area contributed by atoms with Crippen molar-refractivity contribution in [3.05, 3.63) is 28.8 Å². The van der Waals surface area contributed by atoms with Gasteiger partial charge in [0.2, 0.25) is 0 Å². The van der Waals surface area contributed by atoms with E-state index < -0.39 is 5.82 Å². The van der Waals surface area contributed by atoms with E-state index in [-0.39, 0.29) is 22.7 Å². The number of amides is 1. The van der Waals surface area contributed by atoms with Gasteiger partial charge in [0.05, 0.1) is 11.8 Å². The van der Waals surface area contributed by atoms with Crippen molar-refractivity contribution in [1.29, 1.82) is 0 Å². The monoisotopic (exact) mass is 276 g/mol. The van der Waals surface area contributed by atoms with E-state index >= 15 is 0 Å². The highest BCUT2D eigenvalue weighted by atomic mass is 35.5. The molecule has 6 heteroatoms. The Morgan fingerprint density at radius 2 is 2.41 bits per heavy atom. The van der Waals surface area contributed by atoms with Gasteiger partial charge in [-0.1, -0.05) is 18.5 Å². The van der Waals surface area contributed by atoms with E-state index in [4.69, 9.17) is 11.6 Å². The summed E-state index contributed by atoms with van der Waals surface area (Å²) in [7, 11) is 0. The number of hydrogen-bond acceptors (Lipinski definition) is 3. The summed E-state index contributed by atoms with van der Waals surface area (Å²) in [5.74, 6) is -0.150. The molecule has 1 aromatic rings. The molecule has 0 aliphatic carbocycles. The summed E-state index contributed by atoms with van der Waals surface area (Å²) in [6.45, 7) is 1.98. The molecular weight excluding hydrogens is 263 g/mol. The average molecular weight is 277 g/mol. The summed E-state index contributed by atoms with van der Waals surface area (Å²) in [5, 5.41) is 2.82. The minimum atomic E-state index is -0.572. The predicted molar refractivity (Wildman–Crippen MR) is 69.1 cm³/mol. The van der Waals surface area contributed by atoms with Crippen LogP contribution >= 0.6 is 23.4 Å². The van der Waals surface area contributed by atoms with Crippen molar-refractivity contribution in [1.82, 2.24) is 10.3 Å². The summed E-state index contributed by atoms with van der Waals surface area (Å²) in [4.78, 5) is 15.5. The largest absolute Gasteiger partial charge is 0.348 e. The summed E-state index contributed by atoms with van der Waals surface area (Å²) in [6, 6.07) is 1.15. The van der Waals surface area contributed by atoms with E-state index in [0.717, 1.165) is 24.4 Å². The molecule has 1 atom stereocenters. The SMILES string of the molecule is CCC(CSC)NC(=O)c1cc(F)cnc1Cl. The van der Waals surface area contributed by atoms with Gasteiger partial charge in [-0.3, -0.25) is 4.79 Å². The summed E-state index contributed by atoms with van der Waals surface area (Å²) >= 11 is 7.39. The van der Waals surface area contributed by atoms with E-state index in [2.05, 4.69) is 10.3 Å². The van der Waals surface area contributed by atoms with Crippen LogP contribution < -0.4 is 5.32 Å². The van der Waals surface area contributed by atoms with Crippen molar-refractivity contribution < 1.29 is 9.18 Å². The molecular formula is C11H14ClFN2OS. The van der Waals surface area contributed by atoms with E-state index in [1.165, 1.54) is 0 Å². The van der Waals surface area contributed by atoms with E-state index in [9.17, 15) is 9.18 Å². The molecule has 94 valence electrons. The first-order valence-corrected chi connectivity index (χ1v) is 6.96. The van der Waals surface area contributed by atoms with Crippen LogP contribution in [0.5, 0.6) is 0 Å². The minimum Gasteiger partial charge on any atom is -0.348 e. The third-order valence-corrected chi connectivity index (χ3v) is 3.28. The number of thioether (sulfide) groups is 1. The first-order chi connectivity index (χ1) is 8.08. The van der Waals surface area contributed by atoms with Crippen molar-refractivity contribution in [2.45, 2.75) is 19.4 Å². The first kappa shape index (κ1) is 14.3. The summed E-state index contributed by atoms with van der Waals surface area (Å²) in [5.41, 5.74) is 0.0752. The van der Waals surface area contributed by atoms with Gasteiger partial charge in [0.25, 0.3) is 5.91 Å². The number of pyridine rings is 1. The normalized spacial score (nSPS) is 12.2. The number of halogens is 2. The van der Waals surface area contributed by atoms with Gasteiger partial charge in [0.15, 0.2) is 0 Å². The van der Waals surface area contributed by atoms with Crippen molar-refractivity contribution in [2.75, 3.05) is 12.0 Å². The van der Waals surface area contributed by atoms with Crippen molar-refractivity contribution in [3.8, 4) is 0 Å². The van der Waals surface area contributed by atoms with E-state index in [0.29, 0.717) is 0 Å². The maximum atomic E-state index is 13.0. The van der Waals surface area contributed by atoms with Crippen LogP contribution in [0.4, 0.5) is 4.39 Å². The minimum absolute atomic E-state index is 0.0166. The lowest BCUT2D eigenvalue weighted by Gasteiger charge is -2.15. The number of nitrogens with one attached hydrogen (secondary N) is 1.